The largest absolute Gasteiger partial charge is 0.492 e. The van der Waals surface area contributed by atoms with Gasteiger partial charge in [0, 0.05) is 36.8 Å². The maximum absolute atomic E-state index is 13.6. The van der Waals surface area contributed by atoms with Crippen LogP contribution in [0.1, 0.15) is 299 Å². The summed E-state index contributed by atoms with van der Waals surface area (Å²) in [4.78, 5) is 86.1. The van der Waals surface area contributed by atoms with Crippen LogP contribution >= 0.6 is 60.4 Å². The highest BCUT2D eigenvalue weighted by Gasteiger charge is 2.32. The molecule has 2 N–H and O–H groups in total. The summed E-state index contributed by atoms with van der Waals surface area (Å²) >= 11 is 4.44. The Kier molecular flexibility index (Phi) is 54.5. The molecule has 0 aliphatic carbocycles. The highest BCUT2D eigenvalue weighted by Crippen LogP contribution is 2.44. The maximum Gasteiger partial charge on any atom is 0.332 e. The standard InChI is InChI=1S/C79H136I2N2O17P2/c1-9-11-13-15-17-19-21-23-29-35-41-47-75(84)95-63-69(65-101(89,90)97-59-55-82(3,4)5)99-77(86)49-43-37-31-25-27-33-39-45-57-93-73-53-51-67(61-71(73)80)79(88)68-52-54-74(72(81)62-68)94-58-46-40-34-28-26-32-38-44-50-78(87)100-70(66-102(91,92)98-60-56-83(6,7)8)64-96-76(85)48-42-36-30-24-22-20-18-16-14-12-10-2/h51-54,61-62,69-70H,9-50,55-60,63-66H2,1-8H3/p+2. The lowest BCUT2D eigenvalue weighted by Gasteiger charge is -2.25. The van der Waals surface area contributed by atoms with Crippen LogP contribution in [0.25, 0.3) is 0 Å². The summed E-state index contributed by atoms with van der Waals surface area (Å²) in [6.07, 6.45) is 38.6. The molecule has 0 aliphatic rings. The van der Waals surface area contributed by atoms with Gasteiger partial charge in [-0.2, -0.15) is 0 Å². The Balaban J connectivity index is 1.64. The van der Waals surface area contributed by atoms with Gasteiger partial charge < -0.3 is 56.2 Å². The first-order valence-corrected chi connectivity index (χ1v) is 45.0. The third-order valence-electron chi connectivity index (χ3n) is 17.9. The third kappa shape index (κ3) is 53.9. The average molecular weight is 1700 g/mol. The fourth-order valence-electron chi connectivity index (χ4n) is 11.6. The van der Waals surface area contributed by atoms with Crippen LogP contribution in [0.3, 0.4) is 0 Å². The van der Waals surface area contributed by atoms with Gasteiger partial charge in [-0.15, -0.1) is 0 Å². The van der Waals surface area contributed by atoms with E-state index in [4.69, 9.17) is 37.5 Å². The average Bonchev–Trinajstić information content (AvgIpc) is 0.824. The molecule has 4 atom stereocenters. The number of ether oxygens (including phenoxy) is 6. The lowest BCUT2D eigenvalue weighted by molar-refractivity contribution is -0.870. The number of hydrogen-bond donors (Lipinski definition) is 2. The normalized spacial score (nSPS) is 13.6. The van der Waals surface area contributed by atoms with Gasteiger partial charge >= 0.3 is 39.1 Å². The smallest absolute Gasteiger partial charge is 0.332 e. The van der Waals surface area contributed by atoms with Crippen LogP contribution in [0.15, 0.2) is 36.4 Å². The number of likely N-dealkylation sites (N-methyl/N-ethyl adjacent to an activating group) is 2. The van der Waals surface area contributed by atoms with Crippen molar-refractivity contribution in [1.82, 2.24) is 0 Å². The number of unbranched alkanes of at least 4 members (excludes halogenated alkanes) is 34. The van der Waals surface area contributed by atoms with Gasteiger partial charge in [0.25, 0.3) is 0 Å². The van der Waals surface area contributed by atoms with E-state index < -0.39 is 63.6 Å². The van der Waals surface area contributed by atoms with E-state index in [1.54, 1.807) is 0 Å². The molecule has 4 unspecified atom stereocenters. The predicted molar refractivity (Wildman–Crippen MR) is 427 cm³/mol. The molecule has 0 spiro atoms. The van der Waals surface area contributed by atoms with Crippen LogP contribution in [0.4, 0.5) is 0 Å². The van der Waals surface area contributed by atoms with Gasteiger partial charge in [0.1, 0.15) is 63.2 Å². The first-order chi connectivity index (χ1) is 48.7. The Morgan fingerprint density at radius 3 is 0.922 bits per heavy atom. The quantitative estimate of drug-likeness (QED) is 0.0119. The SMILES string of the molecule is CCCCCCCCCCCCCC(=O)OCC(CP(=O)(O)OCC[N+](C)(C)C)OC(=O)CCCCCCCCCCOc1ccc(C(=O)c2ccc(OCCCCCCCCCCC(=O)OC(COC(=O)CCCCCCCCCCCCC)CP(=O)(O)OCC[N+](C)(C)C)c(I)c2)cc1I. The molecule has 2 aromatic carbocycles. The molecule has 0 bridgehead atoms. The molecular weight excluding hydrogens is 1560 g/mol. The molecule has 0 radical (unpaired) electrons. The number of halogens is 2. The van der Waals surface area contributed by atoms with E-state index in [9.17, 15) is 42.9 Å². The minimum Gasteiger partial charge on any atom is -0.492 e. The Bertz CT molecular complexity index is 2500. The fraction of sp³-hybridized carbons (Fsp3) is 0.785. The van der Waals surface area contributed by atoms with Crippen molar-refractivity contribution in [3.63, 3.8) is 0 Å². The number of carbonyl (C=O) groups excluding carboxylic acids is 5. The molecule has 588 valence electrons. The van der Waals surface area contributed by atoms with Crippen molar-refractivity contribution in [2.75, 3.05) is 107 Å². The summed E-state index contributed by atoms with van der Waals surface area (Å²) in [6, 6.07) is 11.1. The van der Waals surface area contributed by atoms with Crippen LogP contribution in [-0.2, 0) is 56.3 Å². The molecule has 0 amide bonds. The van der Waals surface area contributed by atoms with Gasteiger partial charge in [-0.3, -0.25) is 33.1 Å². The second-order valence-electron chi connectivity index (χ2n) is 30.0. The van der Waals surface area contributed by atoms with Gasteiger partial charge in [0.15, 0.2) is 5.78 Å². The number of benzene rings is 2. The number of nitrogens with zero attached hydrogens (tertiary/aromatic N) is 2. The summed E-state index contributed by atoms with van der Waals surface area (Å²) in [5.74, 6) is -0.355. The van der Waals surface area contributed by atoms with E-state index >= 15 is 0 Å². The second-order valence-corrected chi connectivity index (χ2v) is 36.1. The maximum atomic E-state index is 13.6. The molecule has 0 aromatic heterocycles. The lowest BCUT2D eigenvalue weighted by atomic mass is 10.0. The third-order valence-corrected chi connectivity index (χ3v) is 22.5. The van der Waals surface area contributed by atoms with Crippen molar-refractivity contribution >= 4 is 90.0 Å². The van der Waals surface area contributed by atoms with Gasteiger partial charge in [0.2, 0.25) is 0 Å². The molecule has 0 aliphatic heterocycles. The topological polar surface area (TPSA) is 234 Å². The van der Waals surface area contributed by atoms with Crippen molar-refractivity contribution in [2.45, 2.75) is 296 Å². The van der Waals surface area contributed by atoms with Crippen LogP contribution in [0.5, 0.6) is 11.5 Å². The number of quaternary nitrogens is 2. The van der Waals surface area contributed by atoms with Crippen molar-refractivity contribution in [3.05, 3.63) is 54.7 Å². The monoisotopic (exact) mass is 1700 g/mol. The molecule has 102 heavy (non-hydrogen) atoms. The van der Waals surface area contributed by atoms with E-state index in [0.717, 1.165) is 147 Å². The molecule has 0 heterocycles. The summed E-state index contributed by atoms with van der Waals surface area (Å²) in [7, 11) is 3.50. The second kappa shape index (κ2) is 58.3. The minimum absolute atomic E-state index is 0.0638. The van der Waals surface area contributed by atoms with Crippen LogP contribution < -0.4 is 9.47 Å². The summed E-state index contributed by atoms with van der Waals surface area (Å²) in [5.41, 5.74) is 1.17. The molecule has 23 heteroatoms. The lowest BCUT2D eigenvalue weighted by Crippen LogP contribution is -2.37. The van der Waals surface area contributed by atoms with Crippen molar-refractivity contribution in [2.24, 2.45) is 0 Å². The molecule has 2 aromatic rings. The Labute approximate surface area is 644 Å². The van der Waals surface area contributed by atoms with Crippen molar-refractivity contribution in [3.8, 4) is 11.5 Å². The summed E-state index contributed by atoms with van der Waals surface area (Å²) < 4.78 is 74.1. The van der Waals surface area contributed by atoms with Crippen LogP contribution in [-0.4, -0.2) is 168 Å². The molecule has 2 rings (SSSR count). The van der Waals surface area contributed by atoms with E-state index in [0.29, 0.717) is 72.1 Å². The van der Waals surface area contributed by atoms with E-state index in [1.807, 2.05) is 78.7 Å². The van der Waals surface area contributed by atoms with Crippen molar-refractivity contribution < 1.29 is 89.3 Å². The highest BCUT2D eigenvalue weighted by molar-refractivity contribution is 14.1. The zero-order chi connectivity index (χ0) is 75.2. The highest BCUT2D eigenvalue weighted by atomic mass is 127. The van der Waals surface area contributed by atoms with Gasteiger partial charge in [0.05, 0.1) is 75.0 Å². The van der Waals surface area contributed by atoms with Crippen LogP contribution in [0, 0.1) is 7.14 Å². The first kappa shape index (κ1) is 95.3. The molecule has 19 nitrogen and oxygen atoms in total. The van der Waals surface area contributed by atoms with Gasteiger partial charge in [-0.25, -0.2) is 0 Å². The summed E-state index contributed by atoms with van der Waals surface area (Å²) in [6.45, 7) is 6.19. The van der Waals surface area contributed by atoms with Gasteiger partial charge in [-0.1, -0.05) is 219 Å². The fourth-order valence-corrected chi connectivity index (χ4v) is 15.2. The number of esters is 4. The Morgan fingerprint density at radius 1 is 0.382 bits per heavy atom. The number of hydrogen-bond acceptors (Lipinski definition) is 15. The zero-order valence-electron chi connectivity index (χ0n) is 64.5. The van der Waals surface area contributed by atoms with Crippen LogP contribution in [0.2, 0.25) is 0 Å². The van der Waals surface area contributed by atoms with Crippen molar-refractivity contribution in [1.29, 1.82) is 0 Å². The predicted octanol–water partition coefficient (Wildman–Crippen LogP) is 20.0. The molecular formula is C79H138I2N2O17P2+2. The number of rotatable bonds is 68. The van der Waals surface area contributed by atoms with E-state index in [1.165, 1.54) is 89.9 Å². The minimum atomic E-state index is -4.13. The molecule has 0 saturated heterocycles. The first-order valence-electron chi connectivity index (χ1n) is 39.3. The Morgan fingerprint density at radius 2 is 0.647 bits per heavy atom. The number of ketones is 1. The zero-order valence-corrected chi connectivity index (χ0v) is 70.6. The number of carbonyl (C=O) groups is 5. The van der Waals surface area contributed by atoms with E-state index in [-0.39, 0.29) is 57.9 Å². The van der Waals surface area contributed by atoms with Gasteiger partial charge in [-0.05, 0) is 120 Å². The molecule has 0 fully saturated rings. The van der Waals surface area contributed by atoms with E-state index in [2.05, 4.69) is 59.0 Å². The molecule has 0 saturated carbocycles. The summed E-state index contributed by atoms with van der Waals surface area (Å²) in [5, 5.41) is 0. The Hall–Kier alpha value is -2.73.